The summed E-state index contributed by atoms with van der Waals surface area (Å²) in [7, 11) is -3.55. The molecule has 0 radical (unpaired) electrons. The summed E-state index contributed by atoms with van der Waals surface area (Å²) in [5, 5.41) is 0. The molecule has 31 heavy (non-hydrogen) atoms. The van der Waals surface area contributed by atoms with E-state index in [1.54, 1.807) is 10.5 Å². The largest absolute Gasteiger partial charge is 0.477 e. The quantitative estimate of drug-likeness (QED) is 0.694. The van der Waals surface area contributed by atoms with Crippen LogP contribution in [0.15, 0.2) is 48.7 Å². The monoisotopic (exact) mass is 446 g/mol. The van der Waals surface area contributed by atoms with E-state index in [1.165, 1.54) is 4.31 Å². The van der Waals surface area contributed by atoms with Gasteiger partial charge in [0.2, 0.25) is 5.88 Å². The average molecular weight is 447 g/mol. The minimum atomic E-state index is -3.55. The van der Waals surface area contributed by atoms with Crippen LogP contribution in [0.25, 0.3) is 0 Å². The summed E-state index contributed by atoms with van der Waals surface area (Å²) in [4.78, 5) is 4.26. The predicted octanol–water partition coefficient (Wildman–Crippen LogP) is 1.60. The van der Waals surface area contributed by atoms with Gasteiger partial charge in [-0.2, -0.15) is 17.0 Å². The normalized spacial score (nSPS) is 23.5. The second-order valence-electron chi connectivity index (χ2n) is 8.06. The first-order chi connectivity index (χ1) is 15.1. The third-order valence-corrected chi connectivity index (χ3v) is 7.87. The lowest BCUT2D eigenvalue weighted by atomic mass is 9.86. The molecule has 9 heteroatoms. The Morgan fingerprint density at radius 2 is 1.87 bits per heavy atom. The van der Waals surface area contributed by atoms with Gasteiger partial charge in [-0.05, 0) is 29.5 Å². The van der Waals surface area contributed by atoms with Crippen molar-refractivity contribution in [3.63, 3.8) is 0 Å². The van der Waals surface area contributed by atoms with Crippen molar-refractivity contribution in [1.29, 1.82) is 0 Å². The Labute approximate surface area is 184 Å². The van der Waals surface area contributed by atoms with Gasteiger partial charge < -0.3 is 15.2 Å². The van der Waals surface area contributed by atoms with Crippen molar-refractivity contribution < 1.29 is 17.9 Å². The van der Waals surface area contributed by atoms with Crippen LogP contribution in [0.4, 0.5) is 0 Å². The summed E-state index contributed by atoms with van der Waals surface area (Å²) in [6.45, 7) is 3.39. The minimum Gasteiger partial charge on any atom is -0.477 e. The smallest absolute Gasteiger partial charge is 0.282 e. The number of morpholine rings is 1. The summed E-state index contributed by atoms with van der Waals surface area (Å²) < 4.78 is 41.2. The zero-order chi connectivity index (χ0) is 21.7. The predicted molar refractivity (Wildman–Crippen MR) is 118 cm³/mol. The van der Waals surface area contributed by atoms with Gasteiger partial charge in [-0.1, -0.05) is 30.3 Å². The van der Waals surface area contributed by atoms with Crippen molar-refractivity contribution in [2.75, 3.05) is 46.0 Å². The molecule has 0 amide bonds. The SMILES string of the molecule is NCc1ccnc(OC[C@@H]2C[C@H](c3ccccc3)CN(S(=O)(=O)N3CCOCC3)C2)c1. The Bertz CT molecular complexity index is 951. The van der Waals surface area contributed by atoms with E-state index in [1.807, 2.05) is 30.3 Å². The van der Waals surface area contributed by atoms with Crippen LogP contribution in [-0.4, -0.2) is 68.0 Å². The standard InChI is InChI=1S/C22H30N4O4S/c23-14-18-6-7-24-22(13-18)30-17-19-12-21(20-4-2-1-3-5-20)16-26(15-19)31(27,28)25-8-10-29-11-9-25/h1-7,13,19,21H,8-12,14-17,23H2/t19-,21+/m1/s1. The van der Waals surface area contributed by atoms with Crippen LogP contribution < -0.4 is 10.5 Å². The third kappa shape index (κ3) is 5.42. The number of rotatable bonds is 7. The van der Waals surface area contributed by atoms with Crippen molar-refractivity contribution in [3.05, 3.63) is 59.8 Å². The molecule has 0 aliphatic carbocycles. The number of nitrogens with two attached hydrogens (primary N) is 1. The number of hydrogen-bond donors (Lipinski definition) is 1. The minimum absolute atomic E-state index is 0.0538. The van der Waals surface area contributed by atoms with Crippen molar-refractivity contribution in [1.82, 2.24) is 13.6 Å². The molecule has 2 fully saturated rings. The lowest BCUT2D eigenvalue weighted by Crippen LogP contribution is -2.53. The van der Waals surface area contributed by atoms with Crippen molar-refractivity contribution in [2.45, 2.75) is 18.9 Å². The Morgan fingerprint density at radius 1 is 1.10 bits per heavy atom. The summed E-state index contributed by atoms with van der Waals surface area (Å²) in [5.41, 5.74) is 7.81. The van der Waals surface area contributed by atoms with E-state index in [0.717, 1.165) is 17.5 Å². The Balaban J connectivity index is 1.51. The van der Waals surface area contributed by atoms with Gasteiger partial charge in [0.05, 0.1) is 19.8 Å². The summed E-state index contributed by atoms with van der Waals surface area (Å²) in [6, 6.07) is 13.8. The molecule has 168 valence electrons. The lowest BCUT2D eigenvalue weighted by Gasteiger charge is -2.40. The highest BCUT2D eigenvalue weighted by Gasteiger charge is 2.38. The zero-order valence-corrected chi connectivity index (χ0v) is 18.4. The number of ether oxygens (including phenoxy) is 2. The molecule has 3 heterocycles. The molecule has 1 aromatic heterocycles. The molecule has 0 bridgehead atoms. The molecule has 2 aliphatic heterocycles. The number of hydrogen-bond acceptors (Lipinski definition) is 6. The van der Waals surface area contributed by atoms with Crippen molar-refractivity contribution in [3.8, 4) is 5.88 Å². The molecule has 2 atom stereocenters. The Kier molecular flexibility index (Phi) is 7.19. The van der Waals surface area contributed by atoms with Crippen molar-refractivity contribution >= 4 is 10.2 Å². The van der Waals surface area contributed by atoms with Crippen LogP contribution in [0.1, 0.15) is 23.5 Å². The second-order valence-corrected chi connectivity index (χ2v) is 9.99. The number of benzene rings is 1. The fraction of sp³-hybridized carbons (Fsp3) is 0.500. The van der Waals surface area contributed by atoms with Gasteiger partial charge in [-0.3, -0.25) is 0 Å². The van der Waals surface area contributed by atoms with Crippen LogP contribution in [0.3, 0.4) is 0 Å². The molecule has 2 aliphatic rings. The maximum Gasteiger partial charge on any atom is 0.282 e. The molecule has 2 saturated heterocycles. The fourth-order valence-corrected chi connectivity index (χ4v) is 5.94. The van der Waals surface area contributed by atoms with E-state index >= 15 is 0 Å². The van der Waals surface area contributed by atoms with Crippen LogP contribution >= 0.6 is 0 Å². The highest BCUT2D eigenvalue weighted by molar-refractivity contribution is 7.86. The van der Waals surface area contributed by atoms with Gasteiger partial charge >= 0.3 is 0 Å². The van der Waals surface area contributed by atoms with Gasteiger partial charge in [0.25, 0.3) is 10.2 Å². The average Bonchev–Trinajstić information content (AvgIpc) is 2.84. The molecule has 4 rings (SSSR count). The topological polar surface area (TPSA) is 98.0 Å². The Morgan fingerprint density at radius 3 is 2.61 bits per heavy atom. The maximum absolute atomic E-state index is 13.4. The summed E-state index contributed by atoms with van der Waals surface area (Å²) >= 11 is 0. The lowest BCUT2D eigenvalue weighted by molar-refractivity contribution is 0.0678. The van der Waals surface area contributed by atoms with Crippen molar-refractivity contribution in [2.24, 2.45) is 11.7 Å². The number of nitrogens with zero attached hydrogens (tertiary/aromatic N) is 3. The third-order valence-electron chi connectivity index (χ3n) is 5.90. The molecule has 0 unspecified atom stereocenters. The van der Waals surface area contributed by atoms with Crippen LogP contribution in [0, 0.1) is 5.92 Å². The van der Waals surface area contributed by atoms with Crippen LogP contribution in [0.2, 0.25) is 0 Å². The van der Waals surface area contributed by atoms with E-state index in [4.69, 9.17) is 15.2 Å². The number of aromatic nitrogens is 1. The van der Waals surface area contributed by atoms with E-state index in [9.17, 15) is 8.42 Å². The van der Waals surface area contributed by atoms with Gasteiger partial charge in [0, 0.05) is 50.9 Å². The van der Waals surface area contributed by atoms with Gasteiger partial charge in [0.1, 0.15) is 0 Å². The highest BCUT2D eigenvalue weighted by Crippen LogP contribution is 2.33. The number of pyridine rings is 1. The molecule has 8 nitrogen and oxygen atoms in total. The van der Waals surface area contributed by atoms with Gasteiger partial charge in [-0.25, -0.2) is 4.98 Å². The first-order valence-electron chi connectivity index (χ1n) is 10.7. The van der Waals surface area contributed by atoms with E-state index < -0.39 is 10.2 Å². The molecule has 0 spiro atoms. The zero-order valence-electron chi connectivity index (χ0n) is 17.6. The molecule has 2 N–H and O–H groups in total. The van der Waals surface area contributed by atoms with E-state index in [2.05, 4.69) is 17.1 Å². The second kappa shape index (κ2) is 10.1. The molecule has 2 aromatic rings. The van der Waals surface area contributed by atoms with Gasteiger partial charge in [0.15, 0.2) is 0 Å². The molecule has 1 aromatic carbocycles. The first kappa shape index (κ1) is 22.2. The van der Waals surface area contributed by atoms with E-state index in [0.29, 0.717) is 58.4 Å². The summed E-state index contributed by atoms with van der Waals surface area (Å²) in [5.74, 6) is 0.688. The van der Waals surface area contributed by atoms with E-state index in [-0.39, 0.29) is 11.8 Å². The van der Waals surface area contributed by atoms with Crippen LogP contribution in [-0.2, 0) is 21.5 Å². The first-order valence-corrected chi connectivity index (χ1v) is 12.1. The maximum atomic E-state index is 13.4. The molecular weight excluding hydrogens is 416 g/mol. The van der Waals surface area contributed by atoms with Crippen LogP contribution in [0.5, 0.6) is 5.88 Å². The highest BCUT2D eigenvalue weighted by atomic mass is 32.2. The Hall–Kier alpha value is -2.04. The summed E-state index contributed by atoms with van der Waals surface area (Å²) in [6.07, 6.45) is 2.54. The molecular formula is C22H30N4O4S. The molecule has 0 saturated carbocycles. The number of piperidine rings is 1. The van der Waals surface area contributed by atoms with Gasteiger partial charge in [-0.15, -0.1) is 0 Å². The fourth-order valence-electron chi connectivity index (χ4n) is 4.24.